The van der Waals surface area contributed by atoms with Crippen molar-refractivity contribution in [2.24, 2.45) is 7.05 Å². The second kappa shape index (κ2) is 6.64. The maximum absolute atomic E-state index is 12.7. The molecule has 0 spiro atoms. The van der Waals surface area contributed by atoms with E-state index in [9.17, 15) is 4.79 Å². The average molecular weight is 374 g/mol. The Labute approximate surface area is 153 Å². The van der Waals surface area contributed by atoms with Gasteiger partial charge >= 0.3 is 0 Å². The Morgan fingerprint density at radius 1 is 1.40 bits per heavy atom. The number of hydrogen-bond acceptors (Lipinski definition) is 7. The lowest BCUT2D eigenvalue weighted by molar-refractivity contribution is -0.129. The van der Waals surface area contributed by atoms with Crippen molar-refractivity contribution in [3.8, 4) is 0 Å². The summed E-state index contributed by atoms with van der Waals surface area (Å²) in [5, 5.41) is 8.16. The van der Waals surface area contributed by atoms with Gasteiger partial charge in [0.05, 0.1) is 22.8 Å². The van der Waals surface area contributed by atoms with Gasteiger partial charge in [0, 0.05) is 13.6 Å². The second-order valence-corrected chi connectivity index (χ2v) is 8.19. The first-order valence-corrected chi connectivity index (χ1v) is 9.86. The molecule has 3 heterocycles. The zero-order valence-electron chi connectivity index (χ0n) is 13.8. The molecule has 1 atom stereocenters. The number of likely N-dealkylation sites (tertiary alicyclic amines) is 1. The van der Waals surface area contributed by atoms with Gasteiger partial charge in [0.1, 0.15) is 5.82 Å². The number of para-hydroxylation sites is 2. The third-order valence-corrected chi connectivity index (χ3v) is 6.30. The third-order valence-electron chi connectivity index (χ3n) is 4.43. The Morgan fingerprint density at radius 3 is 3.00 bits per heavy atom. The molecule has 1 aliphatic heterocycles. The van der Waals surface area contributed by atoms with Gasteiger partial charge in [-0.25, -0.2) is 4.98 Å². The van der Waals surface area contributed by atoms with Crippen molar-refractivity contribution in [3.05, 3.63) is 30.1 Å². The van der Waals surface area contributed by atoms with E-state index in [1.54, 1.807) is 0 Å². The highest BCUT2D eigenvalue weighted by Gasteiger charge is 2.33. The van der Waals surface area contributed by atoms with Crippen LogP contribution in [0.15, 0.2) is 28.6 Å². The minimum Gasteiger partial charge on any atom is -0.374 e. The molecule has 2 aromatic heterocycles. The summed E-state index contributed by atoms with van der Waals surface area (Å²) in [6.45, 7) is 0.769. The van der Waals surface area contributed by atoms with E-state index in [1.807, 2.05) is 30.1 Å². The lowest BCUT2D eigenvalue weighted by Gasteiger charge is -2.24. The smallest absolute Gasteiger partial charge is 0.233 e. The van der Waals surface area contributed by atoms with Gasteiger partial charge in [-0.1, -0.05) is 35.2 Å². The fourth-order valence-electron chi connectivity index (χ4n) is 3.28. The molecule has 1 fully saturated rings. The molecule has 25 heavy (non-hydrogen) atoms. The number of anilines is 1. The van der Waals surface area contributed by atoms with Crippen LogP contribution in [-0.2, 0) is 11.8 Å². The van der Waals surface area contributed by atoms with Crippen LogP contribution >= 0.6 is 23.1 Å². The van der Waals surface area contributed by atoms with Gasteiger partial charge in [0.25, 0.3) is 0 Å². The van der Waals surface area contributed by atoms with Gasteiger partial charge in [-0.15, -0.1) is 10.2 Å². The molecule has 9 heteroatoms. The van der Waals surface area contributed by atoms with Crippen LogP contribution in [0.25, 0.3) is 11.0 Å². The number of carbonyl (C=O) groups excluding carboxylic acids is 1. The van der Waals surface area contributed by atoms with Gasteiger partial charge in [0.2, 0.25) is 11.0 Å². The third kappa shape index (κ3) is 3.09. The molecule has 1 aromatic carbocycles. The summed E-state index contributed by atoms with van der Waals surface area (Å²) < 4.78 is 2.83. The maximum atomic E-state index is 12.7. The highest BCUT2D eigenvalue weighted by molar-refractivity contribution is 8.01. The van der Waals surface area contributed by atoms with Crippen molar-refractivity contribution in [1.82, 2.24) is 24.6 Å². The number of benzene rings is 1. The predicted molar refractivity (Wildman–Crippen MR) is 99.4 cm³/mol. The van der Waals surface area contributed by atoms with Crippen LogP contribution in [0.4, 0.5) is 5.13 Å². The van der Waals surface area contributed by atoms with Crippen LogP contribution in [0.3, 0.4) is 0 Å². The van der Waals surface area contributed by atoms with Crippen molar-refractivity contribution >= 4 is 45.2 Å². The van der Waals surface area contributed by atoms with Crippen LogP contribution in [0.2, 0.25) is 0 Å². The number of amides is 1. The molecule has 0 saturated carbocycles. The van der Waals surface area contributed by atoms with Crippen LogP contribution in [0.1, 0.15) is 24.7 Å². The molecular formula is C16H18N6OS2. The van der Waals surface area contributed by atoms with Gasteiger partial charge in [0.15, 0.2) is 4.34 Å². The van der Waals surface area contributed by atoms with Crippen molar-refractivity contribution in [2.75, 3.05) is 18.0 Å². The number of nitrogens with zero attached hydrogens (tertiary/aromatic N) is 5. The summed E-state index contributed by atoms with van der Waals surface area (Å²) in [6.07, 6.45) is 1.94. The highest BCUT2D eigenvalue weighted by atomic mass is 32.2. The van der Waals surface area contributed by atoms with Gasteiger partial charge in [-0.05, 0) is 25.0 Å². The molecular weight excluding hydrogens is 356 g/mol. The predicted octanol–water partition coefficient (Wildman–Crippen LogP) is 2.46. The Hall–Kier alpha value is -2.13. The van der Waals surface area contributed by atoms with E-state index < -0.39 is 0 Å². The molecule has 1 aliphatic rings. The van der Waals surface area contributed by atoms with Crippen molar-refractivity contribution in [3.63, 3.8) is 0 Å². The first kappa shape index (κ1) is 16.3. The minimum atomic E-state index is 0.0324. The summed E-state index contributed by atoms with van der Waals surface area (Å²) in [5.74, 6) is 1.40. The Bertz CT molecular complexity index is 920. The van der Waals surface area contributed by atoms with Crippen molar-refractivity contribution < 1.29 is 4.79 Å². The molecule has 130 valence electrons. The average Bonchev–Trinajstić information content (AvgIpc) is 3.32. The van der Waals surface area contributed by atoms with E-state index in [1.165, 1.54) is 23.1 Å². The molecule has 3 aromatic rings. The molecule has 1 amide bonds. The first-order valence-electron chi connectivity index (χ1n) is 8.06. The highest BCUT2D eigenvalue weighted by Crippen LogP contribution is 2.34. The summed E-state index contributed by atoms with van der Waals surface area (Å²) >= 11 is 2.70. The number of aryl methyl sites for hydroxylation is 1. The lowest BCUT2D eigenvalue weighted by Crippen LogP contribution is -2.33. The number of thioether (sulfide) groups is 1. The van der Waals surface area contributed by atoms with Gasteiger partial charge in [-0.2, -0.15) is 0 Å². The maximum Gasteiger partial charge on any atom is 0.233 e. The largest absolute Gasteiger partial charge is 0.374 e. The minimum absolute atomic E-state index is 0.0324. The van der Waals surface area contributed by atoms with Crippen LogP contribution < -0.4 is 5.73 Å². The molecule has 0 bridgehead atoms. The van der Waals surface area contributed by atoms with E-state index in [4.69, 9.17) is 10.7 Å². The zero-order valence-corrected chi connectivity index (χ0v) is 15.4. The molecule has 0 aliphatic carbocycles. The monoisotopic (exact) mass is 374 g/mol. The number of carbonyl (C=O) groups is 1. The number of fused-ring (bicyclic) bond motifs is 1. The standard InChI is InChI=1S/C16H18N6OS2/c1-21-11-6-3-2-5-10(11)18-14(21)12-7-4-8-22(12)13(23)9-24-16-20-19-15(17)25-16/h2-3,5-6,12H,4,7-9H2,1H3,(H2,17,19)/t12-/m0/s1. The van der Waals surface area contributed by atoms with Crippen LogP contribution in [0, 0.1) is 0 Å². The van der Waals surface area contributed by atoms with E-state index in [0.29, 0.717) is 10.9 Å². The molecule has 2 N–H and O–H groups in total. The molecule has 4 rings (SSSR count). The number of nitrogens with two attached hydrogens (primary N) is 1. The number of nitrogen functional groups attached to an aromatic ring is 1. The number of aromatic nitrogens is 4. The fraction of sp³-hybridized carbons (Fsp3) is 0.375. The van der Waals surface area contributed by atoms with E-state index >= 15 is 0 Å². The Morgan fingerprint density at radius 2 is 2.24 bits per heavy atom. The number of rotatable bonds is 4. The summed E-state index contributed by atoms with van der Waals surface area (Å²) in [4.78, 5) is 19.4. The van der Waals surface area contributed by atoms with Crippen molar-refractivity contribution in [1.29, 1.82) is 0 Å². The molecule has 0 radical (unpaired) electrons. The van der Waals surface area contributed by atoms with Crippen LogP contribution in [-0.4, -0.2) is 42.9 Å². The lowest BCUT2D eigenvalue weighted by atomic mass is 10.2. The van der Waals surface area contributed by atoms with Crippen molar-refractivity contribution in [2.45, 2.75) is 23.2 Å². The topological polar surface area (TPSA) is 89.9 Å². The molecule has 7 nitrogen and oxygen atoms in total. The zero-order chi connectivity index (χ0) is 17.4. The fourth-order valence-corrected chi connectivity index (χ4v) is 4.80. The molecule has 0 unspecified atom stereocenters. The quantitative estimate of drug-likeness (QED) is 0.706. The number of hydrogen-bond donors (Lipinski definition) is 1. The number of imidazole rings is 1. The summed E-state index contributed by atoms with van der Waals surface area (Å²) in [7, 11) is 2.02. The summed E-state index contributed by atoms with van der Waals surface area (Å²) in [6, 6.07) is 8.10. The van der Waals surface area contributed by atoms with E-state index in [-0.39, 0.29) is 11.9 Å². The molecule has 1 saturated heterocycles. The SMILES string of the molecule is Cn1c([C@@H]2CCCN2C(=O)CSc2nnc(N)s2)nc2ccccc21. The van der Waals surface area contributed by atoms with Gasteiger partial charge < -0.3 is 15.2 Å². The second-order valence-electron chi connectivity index (χ2n) is 5.96. The summed E-state index contributed by atoms with van der Waals surface area (Å²) in [5.41, 5.74) is 7.65. The van der Waals surface area contributed by atoms with E-state index in [0.717, 1.165) is 40.6 Å². The Kier molecular flexibility index (Phi) is 4.34. The first-order chi connectivity index (χ1) is 12.1. The van der Waals surface area contributed by atoms with Gasteiger partial charge in [-0.3, -0.25) is 4.79 Å². The normalized spacial score (nSPS) is 17.5. The van der Waals surface area contributed by atoms with E-state index in [2.05, 4.69) is 20.8 Å². The Balaban J connectivity index is 1.53. The van der Waals surface area contributed by atoms with Crippen LogP contribution in [0.5, 0.6) is 0 Å².